The lowest BCUT2D eigenvalue weighted by Gasteiger charge is -2.33. The van der Waals surface area contributed by atoms with Crippen LogP contribution in [0.4, 0.5) is 21.5 Å². The Kier molecular flexibility index (Phi) is 5.15. The second kappa shape index (κ2) is 7.78. The van der Waals surface area contributed by atoms with Crippen molar-refractivity contribution >= 4 is 34.8 Å². The first-order valence-corrected chi connectivity index (χ1v) is 9.83. The first-order chi connectivity index (χ1) is 14.3. The Morgan fingerprint density at radius 1 is 1.27 bits per heavy atom. The van der Waals surface area contributed by atoms with Gasteiger partial charge in [-0.2, -0.15) is 0 Å². The van der Waals surface area contributed by atoms with Gasteiger partial charge >= 0.3 is 5.97 Å². The molecule has 2 aliphatic rings. The van der Waals surface area contributed by atoms with Crippen LogP contribution in [-0.4, -0.2) is 36.5 Å². The van der Waals surface area contributed by atoms with Crippen molar-refractivity contribution in [3.63, 3.8) is 0 Å². The molecule has 0 saturated carbocycles. The molecule has 2 aliphatic heterocycles. The number of nitrogens with zero attached hydrogens (tertiary/aromatic N) is 1. The quantitative estimate of drug-likeness (QED) is 0.755. The van der Waals surface area contributed by atoms with Gasteiger partial charge < -0.3 is 20.3 Å². The molecule has 0 aromatic heterocycles. The molecule has 8 heteroatoms. The van der Waals surface area contributed by atoms with Gasteiger partial charge in [-0.05, 0) is 62.6 Å². The topological polar surface area (TPSA) is 87.7 Å². The number of aryl methyl sites for hydroxylation is 1. The zero-order chi connectivity index (χ0) is 21.4. The molecule has 30 heavy (non-hydrogen) atoms. The van der Waals surface area contributed by atoms with Crippen LogP contribution in [0.5, 0.6) is 0 Å². The Balaban J connectivity index is 1.43. The van der Waals surface area contributed by atoms with Crippen molar-refractivity contribution in [1.29, 1.82) is 0 Å². The number of carbonyl (C=O) groups is 3. The average Bonchev–Trinajstić information content (AvgIpc) is 3.21. The van der Waals surface area contributed by atoms with Crippen molar-refractivity contribution in [1.82, 2.24) is 0 Å². The van der Waals surface area contributed by atoms with Crippen molar-refractivity contribution in [2.24, 2.45) is 0 Å². The molecule has 0 spiro atoms. The third-order valence-corrected chi connectivity index (χ3v) is 5.45. The molecule has 0 radical (unpaired) electrons. The highest BCUT2D eigenvalue weighted by atomic mass is 19.1. The number of benzene rings is 2. The summed E-state index contributed by atoms with van der Waals surface area (Å²) in [5.74, 6) is -1.77. The van der Waals surface area contributed by atoms with Crippen LogP contribution in [0.15, 0.2) is 36.4 Å². The molecule has 2 heterocycles. The molecule has 1 fully saturated rings. The maximum atomic E-state index is 13.6. The van der Waals surface area contributed by atoms with Gasteiger partial charge in [0.05, 0.1) is 16.9 Å². The number of amides is 2. The molecular formula is C22H22FN3O4. The minimum atomic E-state index is -1.09. The molecule has 2 N–H and O–H groups in total. The lowest BCUT2D eigenvalue weighted by molar-refractivity contribution is -0.123. The number of hydrogen-bond acceptors (Lipinski definition) is 5. The van der Waals surface area contributed by atoms with E-state index in [-0.39, 0.29) is 23.2 Å². The predicted octanol–water partition coefficient (Wildman–Crippen LogP) is 3.24. The second-order valence-electron chi connectivity index (χ2n) is 7.57. The summed E-state index contributed by atoms with van der Waals surface area (Å²) in [4.78, 5) is 39.1. The van der Waals surface area contributed by atoms with Crippen LogP contribution in [0, 0.1) is 12.7 Å². The number of esters is 1. The second-order valence-corrected chi connectivity index (χ2v) is 7.57. The molecule has 2 atom stereocenters. The van der Waals surface area contributed by atoms with Crippen LogP contribution in [-0.2, 0) is 14.3 Å². The third-order valence-electron chi connectivity index (χ3n) is 5.45. The van der Waals surface area contributed by atoms with Crippen LogP contribution >= 0.6 is 0 Å². The zero-order valence-electron chi connectivity index (χ0n) is 16.7. The van der Waals surface area contributed by atoms with E-state index in [4.69, 9.17) is 4.74 Å². The molecule has 1 saturated heterocycles. The van der Waals surface area contributed by atoms with E-state index in [1.165, 1.54) is 13.0 Å². The van der Waals surface area contributed by atoms with Crippen molar-refractivity contribution in [3.05, 3.63) is 53.3 Å². The van der Waals surface area contributed by atoms with E-state index in [9.17, 15) is 18.8 Å². The maximum absolute atomic E-state index is 13.6. The molecule has 2 amide bonds. The van der Waals surface area contributed by atoms with Crippen LogP contribution in [0.3, 0.4) is 0 Å². The van der Waals surface area contributed by atoms with Gasteiger partial charge in [0.1, 0.15) is 11.9 Å². The standard InChI is InChI=1S/C22H22FN3O4/c1-12-5-7-15(11-16(12)23)24-20(27)13(2)30-22(29)14-6-8-18-17(10-14)25-21(28)19-4-3-9-26(18)19/h5-8,10-11,13,19H,3-4,9H2,1-2H3,(H,24,27)(H,25,28)/t13-,19+/m0/s1. The van der Waals surface area contributed by atoms with E-state index in [0.29, 0.717) is 11.3 Å². The Hall–Kier alpha value is -3.42. The van der Waals surface area contributed by atoms with Gasteiger partial charge in [-0.15, -0.1) is 0 Å². The fourth-order valence-electron chi connectivity index (χ4n) is 3.75. The average molecular weight is 411 g/mol. The number of carbonyl (C=O) groups excluding carboxylic acids is 3. The highest BCUT2D eigenvalue weighted by molar-refractivity contribution is 6.05. The van der Waals surface area contributed by atoms with E-state index in [1.54, 1.807) is 37.3 Å². The summed E-state index contributed by atoms with van der Waals surface area (Å²) in [6, 6.07) is 9.13. The van der Waals surface area contributed by atoms with Crippen LogP contribution in [0.25, 0.3) is 0 Å². The van der Waals surface area contributed by atoms with Gasteiger partial charge in [-0.1, -0.05) is 6.07 Å². The molecule has 4 rings (SSSR count). The Morgan fingerprint density at radius 3 is 2.83 bits per heavy atom. The molecule has 2 aromatic rings. The molecule has 2 aromatic carbocycles. The fourth-order valence-corrected chi connectivity index (χ4v) is 3.75. The van der Waals surface area contributed by atoms with Crippen molar-refractivity contribution in [2.75, 3.05) is 22.1 Å². The lowest BCUT2D eigenvalue weighted by atomic mass is 10.1. The summed E-state index contributed by atoms with van der Waals surface area (Å²) in [7, 11) is 0. The SMILES string of the molecule is Cc1ccc(NC(=O)[C@H](C)OC(=O)c2ccc3c(c2)NC(=O)[C@H]2CCCN32)cc1F. The van der Waals surface area contributed by atoms with Crippen molar-refractivity contribution in [2.45, 2.75) is 38.8 Å². The molecule has 7 nitrogen and oxygen atoms in total. The molecule has 0 aliphatic carbocycles. The zero-order valence-corrected chi connectivity index (χ0v) is 16.7. The number of ether oxygens (including phenoxy) is 1. The Labute approximate surface area is 173 Å². The summed E-state index contributed by atoms with van der Waals surface area (Å²) in [5.41, 5.74) is 2.41. The van der Waals surface area contributed by atoms with E-state index in [2.05, 4.69) is 10.6 Å². The lowest BCUT2D eigenvalue weighted by Crippen LogP contribution is -2.43. The highest BCUT2D eigenvalue weighted by Gasteiger charge is 2.36. The van der Waals surface area contributed by atoms with Gasteiger partial charge in [0.15, 0.2) is 6.10 Å². The first kappa shape index (κ1) is 19.9. The van der Waals surface area contributed by atoms with Gasteiger partial charge in [0.25, 0.3) is 5.91 Å². The third kappa shape index (κ3) is 3.72. The Bertz CT molecular complexity index is 1040. The smallest absolute Gasteiger partial charge is 0.338 e. The maximum Gasteiger partial charge on any atom is 0.338 e. The monoisotopic (exact) mass is 411 g/mol. The number of halogens is 1. The first-order valence-electron chi connectivity index (χ1n) is 9.83. The fraction of sp³-hybridized carbons (Fsp3) is 0.318. The highest BCUT2D eigenvalue weighted by Crippen LogP contribution is 2.37. The van der Waals surface area contributed by atoms with Crippen LogP contribution in [0.1, 0.15) is 35.7 Å². The van der Waals surface area contributed by atoms with Gasteiger partial charge in [0, 0.05) is 12.2 Å². The normalized spacial score (nSPS) is 18.2. The number of nitrogens with one attached hydrogen (secondary N) is 2. The molecule has 0 bridgehead atoms. The van der Waals surface area contributed by atoms with E-state index in [1.807, 2.05) is 4.90 Å². The molecule has 0 unspecified atom stereocenters. The van der Waals surface area contributed by atoms with Gasteiger partial charge in [-0.25, -0.2) is 9.18 Å². The van der Waals surface area contributed by atoms with Crippen molar-refractivity contribution in [3.8, 4) is 0 Å². The molecular weight excluding hydrogens is 389 g/mol. The number of anilines is 3. The van der Waals surface area contributed by atoms with E-state index >= 15 is 0 Å². The van der Waals surface area contributed by atoms with Crippen molar-refractivity contribution < 1.29 is 23.5 Å². The van der Waals surface area contributed by atoms with E-state index in [0.717, 1.165) is 25.1 Å². The summed E-state index contributed by atoms with van der Waals surface area (Å²) >= 11 is 0. The predicted molar refractivity (Wildman–Crippen MR) is 110 cm³/mol. The van der Waals surface area contributed by atoms with Gasteiger partial charge in [0.2, 0.25) is 5.91 Å². The molecule has 156 valence electrons. The summed E-state index contributed by atoms with van der Waals surface area (Å²) in [6.45, 7) is 3.86. The van der Waals surface area contributed by atoms with E-state index < -0.39 is 23.8 Å². The number of fused-ring (bicyclic) bond motifs is 3. The minimum absolute atomic E-state index is 0.0800. The number of rotatable bonds is 4. The minimum Gasteiger partial charge on any atom is -0.449 e. The largest absolute Gasteiger partial charge is 0.449 e. The number of hydrogen-bond donors (Lipinski definition) is 2. The summed E-state index contributed by atoms with van der Waals surface area (Å²) in [6.07, 6.45) is 0.668. The Morgan fingerprint density at radius 2 is 2.07 bits per heavy atom. The van der Waals surface area contributed by atoms with Gasteiger partial charge in [-0.3, -0.25) is 9.59 Å². The van der Waals surface area contributed by atoms with Crippen LogP contribution in [0.2, 0.25) is 0 Å². The summed E-state index contributed by atoms with van der Waals surface area (Å²) in [5, 5.41) is 5.37. The summed E-state index contributed by atoms with van der Waals surface area (Å²) < 4.78 is 18.9. The van der Waals surface area contributed by atoms with Crippen LogP contribution < -0.4 is 15.5 Å².